The van der Waals surface area contributed by atoms with E-state index < -0.39 is 34.1 Å². The zero-order valence-electron chi connectivity index (χ0n) is 23.0. The van der Waals surface area contributed by atoms with Gasteiger partial charge in [0.1, 0.15) is 12.6 Å². The molecule has 7 nitrogen and oxygen atoms in total. The number of halogens is 1. The first kappa shape index (κ1) is 30.4. The number of sulfonamides is 1. The van der Waals surface area contributed by atoms with E-state index in [1.54, 1.807) is 25.1 Å². The molecule has 3 aromatic carbocycles. The molecule has 0 aliphatic carbocycles. The highest BCUT2D eigenvalue weighted by molar-refractivity contribution is 9.10. The highest BCUT2D eigenvalue weighted by atomic mass is 79.9. The summed E-state index contributed by atoms with van der Waals surface area (Å²) in [4.78, 5) is 29.3. The maximum atomic E-state index is 14.1. The predicted molar refractivity (Wildman–Crippen MR) is 160 cm³/mol. The van der Waals surface area contributed by atoms with E-state index in [-0.39, 0.29) is 18.9 Å². The molecular formula is C30H36BrN3O4S. The molecule has 1 N–H and O–H groups in total. The molecule has 2 amide bonds. The summed E-state index contributed by atoms with van der Waals surface area (Å²) in [5.41, 5.74) is 2.32. The lowest BCUT2D eigenvalue weighted by atomic mass is 10.0. The van der Waals surface area contributed by atoms with Gasteiger partial charge in [-0.25, -0.2) is 8.42 Å². The summed E-state index contributed by atoms with van der Waals surface area (Å²) in [6.07, 6.45) is 1.35. The molecule has 3 aromatic rings. The first-order valence-electron chi connectivity index (χ1n) is 12.7. The zero-order valence-corrected chi connectivity index (χ0v) is 25.4. The van der Waals surface area contributed by atoms with Gasteiger partial charge >= 0.3 is 0 Å². The van der Waals surface area contributed by atoms with Gasteiger partial charge in [0, 0.05) is 23.0 Å². The number of hydrogen-bond donors (Lipinski definition) is 1. The Kier molecular flexibility index (Phi) is 9.96. The van der Waals surface area contributed by atoms with Crippen LogP contribution in [0.1, 0.15) is 37.5 Å². The number of anilines is 1. The van der Waals surface area contributed by atoms with Crippen molar-refractivity contribution >= 4 is 43.5 Å². The summed E-state index contributed by atoms with van der Waals surface area (Å²) in [5.74, 6) is -0.782. The van der Waals surface area contributed by atoms with Gasteiger partial charge in [0.05, 0.1) is 11.9 Å². The fraction of sp³-hybridized carbons (Fsp3) is 0.333. The first-order chi connectivity index (χ1) is 18.2. The number of para-hydroxylation sites is 1. The summed E-state index contributed by atoms with van der Waals surface area (Å²) >= 11 is 3.44. The van der Waals surface area contributed by atoms with Crippen molar-refractivity contribution in [1.82, 2.24) is 10.2 Å². The maximum absolute atomic E-state index is 14.1. The number of carbonyl (C=O) groups excluding carboxylic acids is 2. The van der Waals surface area contributed by atoms with Gasteiger partial charge in [-0.15, -0.1) is 0 Å². The normalized spacial score (nSPS) is 12.5. The van der Waals surface area contributed by atoms with Crippen LogP contribution in [0.25, 0.3) is 0 Å². The SMILES string of the molecule is Cc1ccccc1N(CC(=O)N(Cc1ccc(Br)cc1)[C@H](Cc1ccccc1)C(=O)NC(C)(C)C)S(C)(=O)=O. The molecule has 0 aromatic heterocycles. The second-order valence-electron chi connectivity index (χ2n) is 10.6. The fourth-order valence-electron chi connectivity index (χ4n) is 4.23. The molecule has 0 radical (unpaired) electrons. The van der Waals surface area contributed by atoms with Crippen LogP contribution in [0.3, 0.4) is 0 Å². The molecule has 3 rings (SSSR count). The molecule has 0 bridgehead atoms. The van der Waals surface area contributed by atoms with Crippen LogP contribution in [-0.4, -0.2) is 49.5 Å². The average Bonchev–Trinajstić information content (AvgIpc) is 2.85. The average molecular weight is 615 g/mol. The molecule has 0 aliphatic rings. The van der Waals surface area contributed by atoms with E-state index in [2.05, 4.69) is 21.2 Å². The van der Waals surface area contributed by atoms with Gasteiger partial charge < -0.3 is 10.2 Å². The predicted octanol–water partition coefficient (Wildman–Crippen LogP) is 5.08. The highest BCUT2D eigenvalue weighted by Gasteiger charge is 2.34. The van der Waals surface area contributed by atoms with E-state index in [1.165, 1.54) is 4.90 Å². The third-order valence-electron chi connectivity index (χ3n) is 6.10. The lowest BCUT2D eigenvalue weighted by Gasteiger charge is -2.35. The Morgan fingerprint density at radius 2 is 1.49 bits per heavy atom. The quantitative estimate of drug-likeness (QED) is 0.345. The van der Waals surface area contributed by atoms with Crippen molar-refractivity contribution in [3.05, 3.63) is 100 Å². The van der Waals surface area contributed by atoms with Gasteiger partial charge in [0.15, 0.2) is 0 Å². The number of aryl methyl sites for hydroxylation is 1. The van der Waals surface area contributed by atoms with Crippen LogP contribution in [0.2, 0.25) is 0 Å². The van der Waals surface area contributed by atoms with Crippen LogP contribution in [0.4, 0.5) is 5.69 Å². The molecule has 0 spiro atoms. The molecule has 0 saturated carbocycles. The molecule has 1 atom stereocenters. The Hall–Kier alpha value is -3.17. The van der Waals surface area contributed by atoms with E-state index >= 15 is 0 Å². The first-order valence-corrected chi connectivity index (χ1v) is 15.3. The lowest BCUT2D eigenvalue weighted by molar-refractivity contribution is -0.140. The van der Waals surface area contributed by atoms with E-state index in [9.17, 15) is 18.0 Å². The van der Waals surface area contributed by atoms with Crippen LogP contribution in [-0.2, 0) is 32.6 Å². The Labute approximate surface area is 240 Å². The van der Waals surface area contributed by atoms with Crippen LogP contribution < -0.4 is 9.62 Å². The summed E-state index contributed by atoms with van der Waals surface area (Å²) in [7, 11) is -3.80. The Balaban J connectivity index is 2.08. The number of hydrogen-bond acceptors (Lipinski definition) is 4. The van der Waals surface area contributed by atoms with E-state index in [1.807, 2.05) is 81.4 Å². The zero-order chi connectivity index (χ0) is 28.8. The smallest absolute Gasteiger partial charge is 0.244 e. The minimum atomic E-state index is -3.80. The number of nitrogens with one attached hydrogen (secondary N) is 1. The number of carbonyl (C=O) groups is 2. The summed E-state index contributed by atoms with van der Waals surface area (Å²) in [6.45, 7) is 7.15. The van der Waals surface area contributed by atoms with Gasteiger partial charge in [-0.3, -0.25) is 13.9 Å². The summed E-state index contributed by atoms with van der Waals surface area (Å²) < 4.78 is 27.8. The van der Waals surface area contributed by atoms with Gasteiger partial charge in [0.2, 0.25) is 21.8 Å². The standard InChI is InChI=1S/C30H36BrN3O4S/c1-22-11-9-10-14-26(22)34(39(5,37)38)21-28(35)33(20-24-15-17-25(31)18-16-24)27(29(36)32-30(2,3)4)19-23-12-7-6-8-13-23/h6-18,27H,19-21H2,1-5H3,(H,32,36)/t27-/m1/s1. The van der Waals surface area contributed by atoms with E-state index in [0.29, 0.717) is 5.69 Å². The van der Waals surface area contributed by atoms with Crippen molar-refractivity contribution in [2.75, 3.05) is 17.1 Å². The molecule has 39 heavy (non-hydrogen) atoms. The molecule has 9 heteroatoms. The van der Waals surface area contributed by atoms with Gasteiger partial charge in [0.25, 0.3) is 0 Å². The van der Waals surface area contributed by atoms with Crippen molar-refractivity contribution in [2.45, 2.75) is 52.2 Å². The minimum absolute atomic E-state index is 0.131. The maximum Gasteiger partial charge on any atom is 0.244 e. The van der Waals surface area contributed by atoms with Crippen LogP contribution in [0.15, 0.2) is 83.3 Å². The van der Waals surface area contributed by atoms with Crippen LogP contribution in [0.5, 0.6) is 0 Å². The minimum Gasteiger partial charge on any atom is -0.350 e. The topological polar surface area (TPSA) is 86.8 Å². The number of rotatable bonds is 10. The molecule has 0 unspecified atom stereocenters. The third kappa shape index (κ3) is 8.93. The molecule has 0 saturated heterocycles. The van der Waals surface area contributed by atoms with Crippen molar-refractivity contribution in [3.8, 4) is 0 Å². The van der Waals surface area contributed by atoms with Gasteiger partial charge in [-0.05, 0) is 62.6 Å². The van der Waals surface area contributed by atoms with Crippen molar-refractivity contribution in [2.24, 2.45) is 0 Å². The Morgan fingerprint density at radius 1 is 0.897 bits per heavy atom. The number of nitrogens with zero attached hydrogens (tertiary/aromatic N) is 2. The van der Waals surface area contributed by atoms with Crippen molar-refractivity contribution < 1.29 is 18.0 Å². The van der Waals surface area contributed by atoms with Gasteiger partial charge in [-0.1, -0.05) is 76.6 Å². The Bertz CT molecular complexity index is 1390. The lowest BCUT2D eigenvalue weighted by Crippen LogP contribution is -2.56. The van der Waals surface area contributed by atoms with E-state index in [4.69, 9.17) is 0 Å². The van der Waals surface area contributed by atoms with E-state index in [0.717, 1.165) is 31.7 Å². The number of benzene rings is 3. The monoisotopic (exact) mass is 613 g/mol. The van der Waals surface area contributed by atoms with Gasteiger partial charge in [-0.2, -0.15) is 0 Å². The molecule has 208 valence electrons. The van der Waals surface area contributed by atoms with Crippen molar-refractivity contribution in [3.63, 3.8) is 0 Å². The Morgan fingerprint density at radius 3 is 2.05 bits per heavy atom. The molecule has 0 aliphatic heterocycles. The summed E-state index contributed by atoms with van der Waals surface area (Å²) in [6, 6.07) is 23.1. The largest absolute Gasteiger partial charge is 0.350 e. The molecule has 0 heterocycles. The number of amides is 2. The summed E-state index contributed by atoms with van der Waals surface area (Å²) in [5, 5.41) is 3.02. The highest BCUT2D eigenvalue weighted by Crippen LogP contribution is 2.24. The van der Waals surface area contributed by atoms with Crippen LogP contribution >= 0.6 is 15.9 Å². The molecular weight excluding hydrogens is 578 g/mol. The second kappa shape index (κ2) is 12.8. The van der Waals surface area contributed by atoms with Crippen LogP contribution in [0, 0.1) is 6.92 Å². The van der Waals surface area contributed by atoms with Crippen molar-refractivity contribution in [1.29, 1.82) is 0 Å². The third-order valence-corrected chi connectivity index (χ3v) is 7.75. The second-order valence-corrected chi connectivity index (χ2v) is 13.5. The molecule has 0 fully saturated rings. The fourth-order valence-corrected chi connectivity index (χ4v) is 5.40.